The first kappa shape index (κ1) is 20.7. The molecule has 0 fully saturated rings. The van der Waals surface area contributed by atoms with E-state index < -0.39 is 10.0 Å². The normalized spacial score (nSPS) is 11.0. The average Bonchev–Trinajstić information content (AvgIpc) is 2.66. The number of carbonyl (C=O) groups excluding carboxylic acids is 1. The van der Waals surface area contributed by atoms with Crippen LogP contribution < -0.4 is 20.1 Å². The zero-order chi connectivity index (χ0) is 19.7. The Hall–Kier alpha value is -2.58. The molecular weight excluding hydrogens is 366 g/mol. The molecule has 2 aromatic rings. The molecule has 3 N–H and O–H groups in total. The highest BCUT2D eigenvalue weighted by Gasteiger charge is 2.14. The van der Waals surface area contributed by atoms with Gasteiger partial charge in [-0.25, -0.2) is 8.42 Å². The Balaban J connectivity index is 1.99. The van der Waals surface area contributed by atoms with E-state index >= 15 is 0 Å². The van der Waals surface area contributed by atoms with Crippen molar-refractivity contribution in [3.05, 3.63) is 54.1 Å². The molecule has 0 saturated carbocycles. The fourth-order valence-electron chi connectivity index (χ4n) is 2.33. The summed E-state index contributed by atoms with van der Waals surface area (Å²) in [5.41, 5.74) is 0.851. The molecule has 0 heterocycles. The van der Waals surface area contributed by atoms with E-state index in [9.17, 15) is 13.2 Å². The number of anilines is 1. The number of likely N-dealkylation sites (N-methyl/N-ethyl adjacent to an activating group) is 1. The predicted octanol–water partition coefficient (Wildman–Crippen LogP) is 2.23. The molecule has 146 valence electrons. The standard InChI is InChI=1S/C19H25N3O4S/c1-3-20-13-14-21-19(23)15-5-7-16(8-6-15)22-27(24,25)18-11-9-17(10-12-18)26-4-2/h5-12,20,22H,3-4,13-14H2,1-2H3,(H,21,23). The Labute approximate surface area is 160 Å². The largest absolute Gasteiger partial charge is 0.494 e. The Morgan fingerprint density at radius 1 is 0.963 bits per heavy atom. The molecule has 0 bridgehead atoms. The molecule has 8 heteroatoms. The number of rotatable bonds is 10. The third-order valence-electron chi connectivity index (χ3n) is 3.68. The summed E-state index contributed by atoms with van der Waals surface area (Å²) in [5.74, 6) is 0.412. The second-order valence-corrected chi connectivity index (χ2v) is 7.38. The van der Waals surface area contributed by atoms with Crippen molar-refractivity contribution < 1.29 is 17.9 Å². The number of amides is 1. The van der Waals surface area contributed by atoms with E-state index in [-0.39, 0.29) is 10.8 Å². The van der Waals surface area contributed by atoms with Crippen LogP contribution in [0.1, 0.15) is 24.2 Å². The van der Waals surface area contributed by atoms with Crippen molar-refractivity contribution in [1.82, 2.24) is 10.6 Å². The first-order valence-electron chi connectivity index (χ1n) is 8.81. The van der Waals surface area contributed by atoms with Gasteiger partial charge in [0, 0.05) is 24.3 Å². The van der Waals surface area contributed by atoms with Crippen molar-refractivity contribution in [1.29, 1.82) is 0 Å². The number of ether oxygens (including phenoxy) is 1. The van der Waals surface area contributed by atoms with Gasteiger partial charge in [0.1, 0.15) is 5.75 Å². The SMILES string of the molecule is CCNCCNC(=O)c1ccc(NS(=O)(=O)c2ccc(OCC)cc2)cc1. The maximum Gasteiger partial charge on any atom is 0.261 e. The fraction of sp³-hybridized carbons (Fsp3) is 0.316. The van der Waals surface area contributed by atoms with E-state index in [4.69, 9.17) is 4.74 Å². The molecule has 0 spiro atoms. The average molecular weight is 391 g/mol. The molecule has 0 aliphatic carbocycles. The van der Waals surface area contributed by atoms with Gasteiger partial charge in [-0.15, -0.1) is 0 Å². The zero-order valence-electron chi connectivity index (χ0n) is 15.5. The highest BCUT2D eigenvalue weighted by atomic mass is 32.2. The summed E-state index contributed by atoms with van der Waals surface area (Å²) in [6, 6.07) is 12.5. The van der Waals surface area contributed by atoms with Crippen molar-refractivity contribution >= 4 is 21.6 Å². The van der Waals surface area contributed by atoms with Gasteiger partial charge in [-0.2, -0.15) is 0 Å². The number of nitrogens with one attached hydrogen (secondary N) is 3. The van der Waals surface area contributed by atoms with Crippen LogP contribution in [0.25, 0.3) is 0 Å². The van der Waals surface area contributed by atoms with Gasteiger partial charge >= 0.3 is 0 Å². The van der Waals surface area contributed by atoms with Crippen molar-refractivity contribution in [3.63, 3.8) is 0 Å². The van der Waals surface area contributed by atoms with Crippen molar-refractivity contribution in [2.75, 3.05) is 31.0 Å². The summed E-state index contributed by atoms with van der Waals surface area (Å²) in [6.07, 6.45) is 0. The van der Waals surface area contributed by atoms with Crippen molar-refractivity contribution in [3.8, 4) is 5.75 Å². The zero-order valence-corrected chi connectivity index (χ0v) is 16.3. The molecule has 0 aliphatic heterocycles. The minimum absolute atomic E-state index is 0.135. The minimum Gasteiger partial charge on any atom is -0.494 e. The summed E-state index contributed by atoms with van der Waals surface area (Å²) < 4.78 is 32.7. The van der Waals surface area contributed by atoms with Gasteiger partial charge in [0.2, 0.25) is 0 Å². The highest BCUT2D eigenvalue weighted by molar-refractivity contribution is 7.92. The van der Waals surface area contributed by atoms with Crippen LogP contribution in [0.2, 0.25) is 0 Å². The summed E-state index contributed by atoms with van der Waals surface area (Å²) in [7, 11) is -3.71. The minimum atomic E-state index is -3.71. The Bertz CT molecular complexity index is 834. The monoisotopic (exact) mass is 391 g/mol. The van der Waals surface area contributed by atoms with Gasteiger partial charge in [0.25, 0.3) is 15.9 Å². The van der Waals surface area contributed by atoms with Gasteiger partial charge in [-0.05, 0) is 62.0 Å². The number of benzene rings is 2. The van der Waals surface area contributed by atoms with Crippen LogP contribution in [-0.4, -0.2) is 40.6 Å². The van der Waals surface area contributed by atoms with Crippen molar-refractivity contribution in [2.24, 2.45) is 0 Å². The molecular formula is C19H25N3O4S. The van der Waals surface area contributed by atoms with E-state index in [1.165, 1.54) is 12.1 Å². The van der Waals surface area contributed by atoms with Gasteiger partial charge < -0.3 is 15.4 Å². The highest BCUT2D eigenvalue weighted by Crippen LogP contribution is 2.19. The summed E-state index contributed by atoms with van der Waals surface area (Å²) >= 11 is 0. The second-order valence-electron chi connectivity index (χ2n) is 5.70. The Morgan fingerprint density at radius 3 is 2.22 bits per heavy atom. The molecule has 0 aliphatic rings. The van der Waals surface area contributed by atoms with E-state index in [1.54, 1.807) is 36.4 Å². The quantitative estimate of drug-likeness (QED) is 0.540. The third kappa shape index (κ3) is 6.26. The first-order chi connectivity index (χ1) is 13.0. The molecule has 0 radical (unpaired) electrons. The smallest absolute Gasteiger partial charge is 0.261 e. The van der Waals surface area contributed by atoms with E-state index in [1.807, 2.05) is 13.8 Å². The molecule has 2 rings (SSSR count). The third-order valence-corrected chi connectivity index (χ3v) is 5.08. The molecule has 27 heavy (non-hydrogen) atoms. The molecule has 1 amide bonds. The Morgan fingerprint density at radius 2 is 1.63 bits per heavy atom. The van der Waals surface area contributed by atoms with Crippen LogP contribution in [0.3, 0.4) is 0 Å². The molecule has 0 atom stereocenters. The topological polar surface area (TPSA) is 96.5 Å². The van der Waals surface area contributed by atoms with Gasteiger partial charge in [0.15, 0.2) is 0 Å². The number of hydrogen-bond acceptors (Lipinski definition) is 5. The number of carbonyl (C=O) groups is 1. The van der Waals surface area contributed by atoms with Gasteiger partial charge in [0.05, 0.1) is 11.5 Å². The number of sulfonamides is 1. The summed E-state index contributed by atoms with van der Waals surface area (Å²) in [4.78, 5) is 12.2. The van der Waals surface area contributed by atoms with Crippen LogP contribution in [0.15, 0.2) is 53.4 Å². The lowest BCUT2D eigenvalue weighted by atomic mass is 10.2. The lowest BCUT2D eigenvalue weighted by Crippen LogP contribution is -2.31. The van der Waals surface area contributed by atoms with Gasteiger partial charge in [-0.1, -0.05) is 6.92 Å². The molecule has 2 aromatic carbocycles. The fourth-order valence-corrected chi connectivity index (χ4v) is 3.39. The maximum atomic E-state index is 12.5. The molecule has 0 aromatic heterocycles. The Kier molecular flexibility index (Phi) is 7.63. The van der Waals surface area contributed by atoms with E-state index in [0.29, 0.717) is 36.7 Å². The lowest BCUT2D eigenvalue weighted by Gasteiger charge is -2.10. The lowest BCUT2D eigenvalue weighted by molar-refractivity contribution is 0.0954. The van der Waals surface area contributed by atoms with Crippen LogP contribution >= 0.6 is 0 Å². The second kappa shape index (κ2) is 9.94. The van der Waals surface area contributed by atoms with Crippen LogP contribution in [0.4, 0.5) is 5.69 Å². The molecule has 0 saturated heterocycles. The summed E-state index contributed by atoms with van der Waals surface area (Å²) in [5, 5.41) is 5.91. The summed E-state index contributed by atoms with van der Waals surface area (Å²) in [6.45, 7) is 6.44. The maximum absolute atomic E-state index is 12.5. The predicted molar refractivity (Wildman–Crippen MR) is 106 cm³/mol. The van der Waals surface area contributed by atoms with Gasteiger partial charge in [-0.3, -0.25) is 9.52 Å². The first-order valence-corrected chi connectivity index (χ1v) is 10.3. The van der Waals surface area contributed by atoms with Crippen LogP contribution in [0.5, 0.6) is 5.75 Å². The van der Waals surface area contributed by atoms with Crippen LogP contribution in [0, 0.1) is 0 Å². The molecule has 7 nitrogen and oxygen atoms in total. The van der Waals surface area contributed by atoms with Crippen molar-refractivity contribution in [2.45, 2.75) is 18.7 Å². The molecule has 0 unspecified atom stereocenters. The van der Waals surface area contributed by atoms with E-state index in [2.05, 4.69) is 15.4 Å². The van der Waals surface area contributed by atoms with Crippen LogP contribution in [-0.2, 0) is 10.0 Å². The number of hydrogen-bond donors (Lipinski definition) is 3. The van der Waals surface area contributed by atoms with E-state index in [0.717, 1.165) is 6.54 Å².